The van der Waals surface area contributed by atoms with Gasteiger partial charge in [-0.05, 0) is 25.3 Å². The number of nitrogens with one attached hydrogen (secondary N) is 2. The van der Waals surface area contributed by atoms with E-state index in [1.54, 1.807) is 12.5 Å². The molecule has 2 heterocycles. The van der Waals surface area contributed by atoms with Gasteiger partial charge in [0.05, 0.1) is 6.33 Å². The lowest BCUT2D eigenvalue weighted by Gasteiger charge is -2.30. The highest BCUT2D eigenvalue weighted by atomic mass is 32.2. The molecule has 0 atom stereocenters. The van der Waals surface area contributed by atoms with Gasteiger partial charge in [-0.15, -0.1) is 0 Å². The van der Waals surface area contributed by atoms with Crippen molar-refractivity contribution in [1.82, 2.24) is 19.0 Å². The Kier molecular flexibility index (Phi) is 4.92. The lowest BCUT2D eigenvalue weighted by Crippen LogP contribution is -2.46. The van der Waals surface area contributed by atoms with E-state index in [0.717, 1.165) is 18.5 Å². The first-order valence-corrected chi connectivity index (χ1v) is 7.98. The lowest BCUT2D eigenvalue weighted by atomic mass is 9.99. The molecule has 19 heavy (non-hydrogen) atoms. The largest absolute Gasteiger partial charge is 0.348 e. The van der Waals surface area contributed by atoms with E-state index in [1.807, 2.05) is 0 Å². The van der Waals surface area contributed by atoms with Crippen LogP contribution >= 0.6 is 0 Å². The Morgan fingerprint density at radius 2 is 2.21 bits per heavy atom. The zero-order valence-corrected chi connectivity index (χ0v) is 11.7. The van der Waals surface area contributed by atoms with Crippen LogP contribution in [0.1, 0.15) is 18.5 Å². The molecule has 1 aliphatic heterocycles. The molecule has 0 aromatic carbocycles. The van der Waals surface area contributed by atoms with Crippen molar-refractivity contribution >= 4 is 10.2 Å². The van der Waals surface area contributed by atoms with Crippen LogP contribution in [0.5, 0.6) is 0 Å². The van der Waals surface area contributed by atoms with E-state index < -0.39 is 10.2 Å². The first-order valence-electron chi connectivity index (χ1n) is 6.54. The van der Waals surface area contributed by atoms with Crippen LogP contribution in [-0.4, -0.2) is 48.9 Å². The highest BCUT2D eigenvalue weighted by Crippen LogP contribution is 2.17. The van der Waals surface area contributed by atoms with Crippen molar-refractivity contribution in [3.05, 3.63) is 18.2 Å². The molecule has 1 fully saturated rings. The SMILES string of the molecule is NCC1CCN(S(=O)(=O)NCCc2cnc[nH]2)CC1. The minimum Gasteiger partial charge on any atom is -0.348 e. The monoisotopic (exact) mass is 287 g/mol. The molecule has 1 aromatic rings. The number of rotatable bonds is 6. The van der Waals surface area contributed by atoms with Crippen LogP contribution < -0.4 is 10.5 Å². The first kappa shape index (κ1) is 14.4. The molecule has 1 aromatic heterocycles. The summed E-state index contributed by atoms with van der Waals surface area (Å²) in [7, 11) is -3.36. The highest BCUT2D eigenvalue weighted by molar-refractivity contribution is 7.87. The van der Waals surface area contributed by atoms with Crippen molar-refractivity contribution in [3.8, 4) is 0 Å². The molecule has 1 saturated heterocycles. The summed E-state index contributed by atoms with van der Waals surface area (Å²) in [4.78, 5) is 6.83. The average molecular weight is 287 g/mol. The summed E-state index contributed by atoms with van der Waals surface area (Å²) < 4.78 is 28.3. The minimum absolute atomic E-state index is 0.376. The molecule has 4 N–H and O–H groups in total. The number of H-pyrrole nitrogens is 1. The third-order valence-corrected chi connectivity index (χ3v) is 5.09. The summed E-state index contributed by atoms with van der Waals surface area (Å²) in [5.41, 5.74) is 6.52. The number of aromatic nitrogens is 2. The molecule has 7 nitrogen and oxygen atoms in total. The fourth-order valence-corrected chi connectivity index (χ4v) is 3.45. The van der Waals surface area contributed by atoms with Gasteiger partial charge in [-0.25, -0.2) is 9.71 Å². The Bertz CT molecular complexity index is 465. The van der Waals surface area contributed by atoms with Crippen molar-refractivity contribution in [2.45, 2.75) is 19.3 Å². The van der Waals surface area contributed by atoms with Gasteiger partial charge in [0, 0.05) is 37.9 Å². The average Bonchev–Trinajstić information content (AvgIpc) is 2.92. The Morgan fingerprint density at radius 3 is 2.79 bits per heavy atom. The van der Waals surface area contributed by atoms with Crippen molar-refractivity contribution < 1.29 is 8.42 Å². The molecule has 0 aliphatic carbocycles. The number of nitrogens with two attached hydrogens (primary N) is 1. The minimum atomic E-state index is -3.36. The Labute approximate surface area is 113 Å². The first-order chi connectivity index (χ1) is 9.12. The number of nitrogens with zero attached hydrogens (tertiary/aromatic N) is 2. The molecule has 1 aliphatic rings. The second-order valence-corrected chi connectivity index (χ2v) is 6.56. The van der Waals surface area contributed by atoms with E-state index in [1.165, 1.54) is 4.31 Å². The molecule has 0 bridgehead atoms. The maximum absolute atomic E-state index is 12.1. The number of imidazole rings is 1. The summed E-state index contributed by atoms with van der Waals surface area (Å²) in [6.07, 6.45) is 5.58. The number of hydrogen-bond acceptors (Lipinski definition) is 4. The van der Waals surface area contributed by atoms with Gasteiger partial charge in [-0.3, -0.25) is 0 Å². The van der Waals surface area contributed by atoms with Crippen LogP contribution in [0.15, 0.2) is 12.5 Å². The second kappa shape index (κ2) is 6.47. The standard InChI is InChI=1S/C11H21N5O2S/c12-7-10-2-5-16(6-3-10)19(17,18)15-4-1-11-8-13-9-14-11/h8-10,15H,1-7,12H2,(H,13,14). The highest BCUT2D eigenvalue weighted by Gasteiger charge is 2.26. The Balaban J connectivity index is 1.78. The van der Waals surface area contributed by atoms with Crippen LogP contribution in [0.25, 0.3) is 0 Å². The summed E-state index contributed by atoms with van der Waals surface area (Å²) in [6.45, 7) is 2.13. The van der Waals surface area contributed by atoms with Crippen molar-refractivity contribution in [2.24, 2.45) is 11.7 Å². The molecule has 8 heteroatoms. The van der Waals surface area contributed by atoms with Crippen LogP contribution in [0.4, 0.5) is 0 Å². The van der Waals surface area contributed by atoms with Crippen molar-refractivity contribution in [1.29, 1.82) is 0 Å². The van der Waals surface area contributed by atoms with Gasteiger partial charge in [0.15, 0.2) is 0 Å². The van der Waals surface area contributed by atoms with Gasteiger partial charge in [0.1, 0.15) is 0 Å². The molecule has 0 saturated carbocycles. The predicted molar refractivity (Wildman–Crippen MR) is 72.6 cm³/mol. The van der Waals surface area contributed by atoms with E-state index in [9.17, 15) is 8.42 Å². The van der Waals surface area contributed by atoms with Gasteiger partial charge >= 0.3 is 0 Å². The van der Waals surface area contributed by atoms with E-state index in [0.29, 0.717) is 38.5 Å². The number of aromatic amines is 1. The van der Waals surface area contributed by atoms with Gasteiger partial charge in [0.2, 0.25) is 0 Å². The van der Waals surface area contributed by atoms with Gasteiger partial charge in [-0.2, -0.15) is 12.7 Å². The predicted octanol–water partition coefficient (Wildman–Crippen LogP) is -0.543. The summed E-state index contributed by atoms with van der Waals surface area (Å²) in [6, 6.07) is 0. The van der Waals surface area contributed by atoms with E-state index in [2.05, 4.69) is 14.7 Å². The van der Waals surface area contributed by atoms with Crippen LogP contribution in [0.3, 0.4) is 0 Å². The molecule has 0 radical (unpaired) electrons. The molecule has 0 amide bonds. The number of hydrogen-bond donors (Lipinski definition) is 3. The fraction of sp³-hybridized carbons (Fsp3) is 0.727. The van der Waals surface area contributed by atoms with E-state index in [-0.39, 0.29) is 0 Å². The van der Waals surface area contributed by atoms with Crippen LogP contribution in [0, 0.1) is 5.92 Å². The zero-order valence-electron chi connectivity index (χ0n) is 10.9. The van der Waals surface area contributed by atoms with Crippen molar-refractivity contribution in [2.75, 3.05) is 26.2 Å². The summed E-state index contributed by atoms with van der Waals surface area (Å²) in [5, 5.41) is 0. The maximum Gasteiger partial charge on any atom is 0.279 e. The van der Waals surface area contributed by atoms with Gasteiger partial charge in [-0.1, -0.05) is 0 Å². The topological polar surface area (TPSA) is 104 Å². The molecule has 0 unspecified atom stereocenters. The quantitative estimate of drug-likeness (QED) is 0.653. The molecule has 0 spiro atoms. The molecule has 108 valence electrons. The van der Waals surface area contributed by atoms with E-state index >= 15 is 0 Å². The smallest absolute Gasteiger partial charge is 0.279 e. The zero-order chi connectivity index (χ0) is 13.7. The molecular weight excluding hydrogens is 266 g/mol. The molecular formula is C11H21N5O2S. The van der Waals surface area contributed by atoms with Crippen LogP contribution in [-0.2, 0) is 16.6 Å². The number of piperidine rings is 1. The van der Waals surface area contributed by atoms with Gasteiger partial charge in [0.25, 0.3) is 10.2 Å². The van der Waals surface area contributed by atoms with Crippen LogP contribution in [0.2, 0.25) is 0 Å². The maximum atomic E-state index is 12.1. The third kappa shape index (κ3) is 4.00. The summed E-state index contributed by atoms with van der Waals surface area (Å²) in [5.74, 6) is 0.455. The second-order valence-electron chi connectivity index (χ2n) is 4.80. The van der Waals surface area contributed by atoms with Gasteiger partial charge < -0.3 is 10.7 Å². The fourth-order valence-electron chi connectivity index (χ4n) is 2.21. The Morgan fingerprint density at radius 1 is 1.47 bits per heavy atom. The third-order valence-electron chi connectivity index (χ3n) is 3.48. The Hall–Kier alpha value is -0.960. The molecule has 2 rings (SSSR count). The lowest BCUT2D eigenvalue weighted by molar-refractivity contribution is 0.276. The van der Waals surface area contributed by atoms with E-state index in [4.69, 9.17) is 5.73 Å². The normalized spacial score (nSPS) is 18.8. The van der Waals surface area contributed by atoms with Crippen molar-refractivity contribution in [3.63, 3.8) is 0 Å². The summed E-state index contributed by atoms with van der Waals surface area (Å²) >= 11 is 0.